The van der Waals surface area contributed by atoms with E-state index in [1.807, 2.05) is 24.3 Å². The number of aromatic nitrogens is 1. The van der Waals surface area contributed by atoms with Gasteiger partial charge in [-0.25, -0.2) is 4.98 Å². The molecule has 0 bridgehead atoms. The zero-order chi connectivity index (χ0) is 19.2. The van der Waals surface area contributed by atoms with Gasteiger partial charge in [-0.3, -0.25) is 4.79 Å². The molecule has 1 amide bonds. The van der Waals surface area contributed by atoms with Crippen LogP contribution in [0.2, 0.25) is 0 Å². The van der Waals surface area contributed by atoms with E-state index >= 15 is 0 Å². The maximum atomic E-state index is 12.2. The highest BCUT2D eigenvalue weighted by atomic mass is 16.5. The second-order valence-electron chi connectivity index (χ2n) is 7.04. The molecule has 0 aliphatic rings. The van der Waals surface area contributed by atoms with Gasteiger partial charge in [0.05, 0.1) is 26.1 Å². The fourth-order valence-corrected chi connectivity index (χ4v) is 2.47. The summed E-state index contributed by atoms with van der Waals surface area (Å²) < 4.78 is 10.5. The number of pyridine rings is 1. The fourth-order valence-electron chi connectivity index (χ4n) is 2.47. The van der Waals surface area contributed by atoms with E-state index in [0.717, 1.165) is 11.3 Å². The summed E-state index contributed by atoms with van der Waals surface area (Å²) in [5, 5.41) is 6.15. The molecule has 0 atom stereocenters. The Bertz CT molecular complexity index is 737. The first-order valence-electron chi connectivity index (χ1n) is 8.56. The number of rotatable bonds is 7. The molecule has 0 saturated heterocycles. The highest BCUT2D eigenvalue weighted by Crippen LogP contribution is 2.28. The minimum atomic E-state index is -0.0798. The number of carbonyl (C=O) groups is 1. The molecule has 2 rings (SSSR count). The predicted molar refractivity (Wildman–Crippen MR) is 104 cm³/mol. The van der Waals surface area contributed by atoms with Crippen molar-refractivity contribution < 1.29 is 14.3 Å². The van der Waals surface area contributed by atoms with Gasteiger partial charge in [0.1, 0.15) is 5.82 Å². The monoisotopic (exact) mass is 357 g/mol. The fraction of sp³-hybridized carbons (Fsp3) is 0.400. The first kappa shape index (κ1) is 19.6. The molecule has 1 heterocycles. The number of nitrogens with zero attached hydrogens (tertiary/aromatic N) is 1. The van der Waals surface area contributed by atoms with Crippen LogP contribution in [0.15, 0.2) is 36.5 Å². The molecule has 6 heteroatoms. The first-order valence-corrected chi connectivity index (χ1v) is 8.56. The summed E-state index contributed by atoms with van der Waals surface area (Å²) in [6.07, 6.45) is 2.68. The standard InChI is InChI=1S/C20H27N3O3/c1-20(2,3)23-15-8-10-18(21-13-15)22-19(24)11-7-14-6-9-16(25-4)17(12-14)26-5/h6,8-10,12-13,23H,7,11H2,1-5H3,(H,21,22,24). The molecular weight excluding hydrogens is 330 g/mol. The Morgan fingerprint density at radius 2 is 1.81 bits per heavy atom. The van der Waals surface area contributed by atoms with Crippen molar-refractivity contribution in [2.24, 2.45) is 0 Å². The molecule has 1 aromatic carbocycles. The molecule has 6 nitrogen and oxygen atoms in total. The van der Waals surface area contributed by atoms with Gasteiger partial charge in [0.15, 0.2) is 11.5 Å². The van der Waals surface area contributed by atoms with Crippen molar-refractivity contribution in [3.05, 3.63) is 42.1 Å². The summed E-state index contributed by atoms with van der Waals surface area (Å²) in [6.45, 7) is 6.24. The number of amides is 1. The third kappa shape index (κ3) is 5.95. The average Bonchev–Trinajstić information content (AvgIpc) is 2.60. The van der Waals surface area contributed by atoms with Crippen LogP contribution in [0.1, 0.15) is 32.8 Å². The molecule has 0 aliphatic heterocycles. The molecule has 0 saturated carbocycles. The summed E-state index contributed by atoms with van der Waals surface area (Å²) in [7, 11) is 3.19. The Balaban J connectivity index is 1.89. The number of methoxy groups -OCH3 is 2. The van der Waals surface area contributed by atoms with E-state index in [2.05, 4.69) is 36.4 Å². The van der Waals surface area contributed by atoms with Gasteiger partial charge in [-0.15, -0.1) is 0 Å². The molecular formula is C20H27N3O3. The van der Waals surface area contributed by atoms with Crippen molar-refractivity contribution in [2.45, 2.75) is 39.2 Å². The number of hydrogen-bond acceptors (Lipinski definition) is 5. The van der Waals surface area contributed by atoms with Gasteiger partial charge >= 0.3 is 0 Å². The summed E-state index contributed by atoms with van der Waals surface area (Å²) >= 11 is 0. The molecule has 0 radical (unpaired) electrons. The smallest absolute Gasteiger partial charge is 0.225 e. The number of ether oxygens (including phenoxy) is 2. The van der Waals surface area contributed by atoms with Gasteiger partial charge in [0.25, 0.3) is 0 Å². The number of hydrogen-bond donors (Lipinski definition) is 2. The van der Waals surface area contributed by atoms with Gasteiger partial charge in [-0.1, -0.05) is 6.07 Å². The number of benzene rings is 1. The molecule has 2 aromatic rings. The third-order valence-electron chi connectivity index (χ3n) is 3.64. The van der Waals surface area contributed by atoms with E-state index in [1.54, 1.807) is 26.5 Å². The third-order valence-corrected chi connectivity index (χ3v) is 3.64. The highest BCUT2D eigenvalue weighted by molar-refractivity contribution is 5.90. The molecule has 26 heavy (non-hydrogen) atoms. The summed E-state index contributed by atoms with van der Waals surface area (Å²) in [4.78, 5) is 16.4. The topological polar surface area (TPSA) is 72.5 Å². The van der Waals surface area contributed by atoms with Crippen LogP contribution >= 0.6 is 0 Å². The van der Waals surface area contributed by atoms with Crippen LogP contribution in [0.25, 0.3) is 0 Å². The second kappa shape index (κ2) is 8.56. The van der Waals surface area contributed by atoms with Crippen LogP contribution in [-0.2, 0) is 11.2 Å². The van der Waals surface area contributed by atoms with Crippen LogP contribution < -0.4 is 20.1 Å². The van der Waals surface area contributed by atoms with Gasteiger partial charge in [-0.2, -0.15) is 0 Å². The normalized spacial score (nSPS) is 11.0. The lowest BCUT2D eigenvalue weighted by atomic mass is 10.1. The summed E-state index contributed by atoms with van der Waals surface area (Å²) in [5.41, 5.74) is 1.89. The van der Waals surface area contributed by atoms with Crippen molar-refractivity contribution in [1.29, 1.82) is 0 Å². The quantitative estimate of drug-likeness (QED) is 0.787. The van der Waals surface area contributed by atoms with Crippen LogP contribution in [0.3, 0.4) is 0 Å². The van der Waals surface area contributed by atoms with Crippen LogP contribution in [0.4, 0.5) is 11.5 Å². The number of anilines is 2. The average molecular weight is 357 g/mol. The maximum Gasteiger partial charge on any atom is 0.225 e. The van der Waals surface area contributed by atoms with Crippen LogP contribution in [0, 0.1) is 0 Å². The molecule has 1 aromatic heterocycles. The van der Waals surface area contributed by atoms with Gasteiger partial charge in [-0.05, 0) is 57.0 Å². The lowest BCUT2D eigenvalue weighted by Gasteiger charge is -2.21. The molecule has 0 spiro atoms. The zero-order valence-electron chi connectivity index (χ0n) is 16.1. The van der Waals surface area contributed by atoms with E-state index in [1.165, 1.54) is 0 Å². The lowest BCUT2D eigenvalue weighted by molar-refractivity contribution is -0.116. The second-order valence-corrected chi connectivity index (χ2v) is 7.04. The number of carbonyl (C=O) groups excluding carboxylic acids is 1. The van der Waals surface area contributed by atoms with Crippen molar-refractivity contribution in [2.75, 3.05) is 24.9 Å². The maximum absolute atomic E-state index is 12.2. The highest BCUT2D eigenvalue weighted by Gasteiger charge is 2.10. The minimum Gasteiger partial charge on any atom is -0.493 e. The van der Waals surface area contributed by atoms with Crippen molar-refractivity contribution >= 4 is 17.4 Å². The van der Waals surface area contributed by atoms with E-state index < -0.39 is 0 Å². The molecule has 0 aliphatic carbocycles. The largest absolute Gasteiger partial charge is 0.493 e. The Kier molecular flexibility index (Phi) is 6.44. The van der Waals surface area contributed by atoms with E-state index in [4.69, 9.17) is 9.47 Å². The van der Waals surface area contributed by atoms with Crippen molar-refractivity contribution in [3.8, 4) is 11.5 Å². The molecule has 0 fully saturated rings. The van der Waals surface area contributed by atoms with Crippen molar-refractivity contribution in [1.82, 2.24) is 4.98 Å². The number of aryl methyl sites for hydroxylation is 1. The SMILES string of the molecule is COc1ccc(CCC(=O)Nc2ccc(NC(C)(C)C)cn2)cc1OC. The van der Waals surface area contributed by atoms with E-state index in [9.17, 15) is 4.79 Å². The Morgan fingerprint density at radius 3 is 2.38 bits per heavy atom. The summed E-state index contributed by atoms with van der Waals surface area (Å²) in [6, 6.07) is 9.36. The van der Waals surface area contributed by atoms with Crippen LogP contribution in [0.5, 0.6) is 11.5 Å². The van der Waals surface area contributed by atoms with Gasteiger partial charge in [0.2, 0.25) is 5.91 Å². The molecule has 0 unspecified atom stereocenters. The lowest BCUT2D eigenvalue weighted by Crippen LogP contribution is -2.26. The minimum absolute atomic E-state index is 0.0358. The Morgan fingerprint density at radius 1 is 1.08 bits per heavy atom. The summed E-state index contributed by atoms with van der Waals surface area (Å²) in [5.74, 6) is 1.80. The van der Waals surface area contributed by atoms with Gasteiger partial charge in [0, 0.05) is 12.0 Å². The number of nitrogens with one attached hydrogen (secondary N) is 2. The Hall–Kier alpha value is -2.76. The molecule has 140 valence electrons. The van der Waals surface area contributed by atoms with Gasteiger partial charge < -0.3 is 20.1 Å². The molecule has 2 N–H and O–H groups in total. The Labute approximate surface area is 154 Å². The van der Waals surface area contributed by atoms with E-state index in [0.29, 0.717) is 30.2 Å². The van der Waals surface area contributed by atoms with E-state index in [-0.39, 0.29) is 11.4 Å². The van der Waals surface area contributed by atoms with Crippen molar-refractivity contribution in [3.63, 3.8) is 0 Å². The zero-order valence-corrected chi connectivity index (χ0v) is 16.1. The predicted octanol–water partition coefficient (Wildman–Crippen LogP) is 3.88. The van der Waals surface area contributed by atoms with Crippen LogP contribution in [-0.4, -0.2) is 30.6 Å². The first-order chi connectivity index (χ1) is 12.3.